The normalized spacial score (nSPS) is 15.2. The van der Waals surface area contributed by atoms with Crippen molar-refractivity contribution in [1.29, 1.82) is 0 Å². The number of unbranched alkanes of at least 4 members (excludes halogenated alkanes) is 7. The number of carbonyl (C=O) groups excluding carboxylic acids is 1. The Morgan fingerprint density at radius 1 is 0.646 bits per heavy atom. The monoisotopic (exact) mass is 696 g/mol. The summed E-state index contributed by atoms with van der Waals surface area (Å²) in [5, 5.41) is 18.3. The van der Waals surface area contributed by atoms with E-state index in [0.717, 1.165) is 89.9 Å². The van der Waals surface area contributed by atoms with Gasteiger partial charge in [-0.3, -0.25) is 13.8 Å². The fourth-order valence-corrected chi connectivity index (χ4v) is 4.99. The minimum absolute atomic E-state index is 0.0175. The zero-order valence-electron chi connectivity index (χ0n) is 29.7. The van der Waals surface area contributed by atoms with Gasteiger partial charge in [0, 0.05) is 13.0 Å². The minimum atomic E-state index is -4.53. The molecule has 0 spiro atoms. The second kappa shape index (κ2) is 34.8. The molecule has 0 aliphatic carbocycles. The summed E-state index contributed by atoms with van der Waals surface area (Å²) in [6.45, 7) is 3.15. The van der Waals surface area contributed by atoms with Gasteiger partial charge in [-0.2, -0.15) is 0 Å². The Labute approximate surface area is 291 Å². The van der Waals surface area contributed by atoms with Crippen molar-refractivity contribution < 1.29 is 43.0 Å². The van der Waals surface area contributed by atoms with Gasteiger partial charge in [0.1, 0.15) is 12.2 Å². The van der Waals surface area contributed by atoms with E-state index in [0.29, 0.717) is 13.0 Å². The number of phosphoric acid groups is 1. The van der Waals surface area contributed by atoms with Crippen molar-refractivity contribution in [1.82, 2.24) is 0 Å². The van der Waals surface area contributed by atoms with Gasteiger partial charge in [0.25, 0.3) is 0 Å². The molecule has 10 heteroatoms. The van der Waals surface area contributed by atoms with E-state index in [4.69, 9.17) is 23.6 Å². The summed E-state index contributed by atoms with van der Waals surface area (Å²) >= 11 is 0. The number of phosphoric ester groups is 1. The van der Waals surface area contributed by atoms with E-state index < -0.39 is 45.8 Å². The number of aliphatic hydroxyl groups excluding tert-OH is 2. The van der Waals surface area contributed by atoms with Gasteiger partial charge in [-0.25, -0.2) is 4.57 Å². The van der Waals surface area contributed by atoms with Crippen LogP contribution in [0.4, 0.5) is 0 Å². The van der Waals surface area contributed by atoms with Crippen molar-refractivity contribution in [3.63, 3.8) is 0 Å². The van der Waals surface area contributed by atoms with Gasteiger partial charge in [-0.15, -0.1) is 0 Å². The molecule has 3 unspecified atom stereocenters. The standard InChI is InChI=1S/C38H65O9P/c1-3-5-7-9-11-13-15-17-19-21-23-25-27-29-31-44-34-37(35-46-48(42,43)45-33-36(40)32-39)47-38(41)30-28-26-24-22-20-18-16-14-12-10-8-6-4-2/h5-8,11-14,17-20,36-37,39-40H,3-4,9-10,15-16,21-35H2,1-2H3,(H,42,43)/b7-5-,8-6-,13-11-,14-12-,19-17-,20-18-. The number of allylic oxidation sites excluding steroid dienone is 12. The minimum Gasteiger partial charge on any atom is -0.457 e. The average molecular weight is 697 g/mol. The van der Waals surface area contributed by atoms with Crippen molar-refractivity contribution >= 4 is 13.8 Å². The Hall–Kier alpha value is -2.10. The van der Waals surface area contributed by atoms with Crippen LogP contribution in [0.5, 0.6) is 0 Å². The maximum absolute atomic E-state index is 12.5. The molecular weight excluding hydrogens is 631 g/mol. The Morgan fingerprint density at radius 2 is 1.12 bits per heavy atom. The van der Waals surface area contributed by atoms with Crippen molar-refractivity contribution in [2.45, 2.75) is 129 Å². The lowest BCUT2D eigenvalue weighted by molar-refractivity contribution is -0.154. The summed E-state index contributed by atoms with van der Waals surface area (Å²) in [6.07, 6.45) is 38.7. The molecule has 0 heterocycles. The molecule has 0 amide bonds. The molecule has 0 aromatic heterocycles. The van der Waals surface area contributed by atoms with Gasteiger partial charge in [-0.05, 0) is 77.0 Å². The highest BCUT2D eigenvalue weighted by Crippen LogP contribution is 2.43. The van der Waals surface area contributed by atoms with Gasteiger partial charge in [0.15, 0.2) is 0 Å². The maximum atomic E-state index is 12.5. The van der Waals surface area contributed by atoms with Crippen molar-refractivity contribution in [3.8, 4) is 0 Å². The first-order chi connectivity index (χ1) is 23.3. The molecule has 3 atom stereocenters. The fourth-order valence-electron chi connectivity index (χ4n) is 4.20. The van der Waals surface area contributed by atoms with E-state index in [-0.39, 0.29) is 13.0 Å². The van der Waals surface area contributed by atoms with Crippen LogP contribution in [-0.4, -0.2) is 66.3 Å². The zero-order chi connectivity index (χ0) is 35.4. The summed E-state index contributed by atoms with van der Waals surface area (Å²) in [7, 11) is -4.53. The first kappa shape index (κ1) is 45.9. The molecule has 0 saturated heterocycles. The number of esters is 1. The van der Waals surface area contributed by atoms with Gasteiger partial charge in [-0.1, -0.05) is 106 Å². The summed E-state index contributed by atoms with van der Waals surface area (Å²) in [4.78, 5) is 22.4. The molecule has 0 radical (unpaired) electrons. The first-order valence-electron chi connectivity index (χ1n) is 17.9. The number of ether oxygens (including phenoxy) is 2. The summed E-state index contributed by atoms with van der Waals surface area (Å²) in [5.41, 5.74) is 0. The second-order valence-electron chi connectivity index (χ2n) is 11.5. The highest BCUT2D eigenvalue weighted by atomic mass is 31.2. The molecule has 48 heavy (non-hydrogen) atoms. The average Bonchev–Trinajstić information content (AvgIpc) is 3.07. The Balaban J connectivity index is 4.38. The van der Waals surface area contributed by atoms with Crippen molar-refractivity contribution in [3.05, 3.63) is 72.9 Å². The Bertz CT molecular complexity index is 971. The lowest BCUT2D eigenvalue weighted by Crippen LogP contribution is -2.29. The van der Waals surface area contributed by atoms with Crippen LogP contribution in [0.2, 0.25) is 0 Å². The third-order valence-electron chi connectivity index (χ3n) is 6.89. The molecule has 0 saturated carbocycles. The molecule has 0 aromatic carbocycles. The molecule has 0 rings (SSSR count). The van der Waals surface area contributed by atoms with Gasteiger partial charge >= 0.3 is 13.8 Å². The molecule has 0 fully saturated rings. The number of rotatable bonds is 33. The molecule has 3 N–H and O–H groups in total. The van der Waals surface area contributed by atoms with Crippen LogP contribution in [0, 0.1) is 0 Å². The van der Waals surface area contributed by atoms with Crippen LogP contribution < -0.4 is 0 Å². The van der Waals surface area contributed by atoms with Crippen LogP contribution in [0.25, 0.3) is 0 Å². The van der Waals surface area contributed by atoms with E-state index in [1.807, 2.05) is 0 Å². The fraction of sp³-hybridized carbons (Fsp3) is 0.658. The van der Waals surface area contributed by atoms with Crippen LogP contribution in [0.3, 0.4) is 0 Å². The van der Waals surface area contributed by atoms with E-state index in [9.17, 15) is 19.4 Å². The topological polar surface area (TPSA) is 132 Å². The van der Waals surface area contributed by atoms with E-state index in [1.54, 1.807) is 0 Å². The molecule has 0 bridgehead atoms. The van der Waals surface area contributed by atoms with Crippen molar-refractivity contribution in [2.24, 2.45) is 0 Å². The van der Waals surface area contributed by atoms with Crippen LogP contribution in [0.15, 0.2) is 72.9 Å². The quantitative estimate of drug-likeness (QED) is 0.0266. The van der Waals surface area contributed by atoms with E-state index in [2.05, 4.69) is 86.8 Å². The molecular formula is C38H65O9P. The highest BCUT2D eigenvalue weighted by Gasteiger charge is 2.26. The highest BCUT2D eigenvalue weighted by molar-refractivity contribution is 7.47. The van der Waals surface area contributed by atoms with Gasteiger partial charge in [0.2, 0.25) is 0 Å². The number of carbonyl (C=O) groups is 1. The number of hydrogen-bond donors (Lipinski definition) is 3. The Morgan fingerprint density at radius 3 is 1.67 bits per heavy atom. The van der Waals surface area contributed by atoms with Gasteiger partial charge in [0.05, 0.1) is 26.4 Å². The SMILES string of the molecule is CC/C=C\C/C=C\C/C=C\CCCCCCOCC(COP(=O)(O)OCC(O)CO)OC(=O)CCCCC/C=C\C/C=C\C/C=C\CC. The van der Waals surface area contributed by atoms with Crippen LogP contribution in [0.1, 0.15) is 117 Å². The predicted octanol–water partition coefficient (Wildman–Crippen LogP) is 9.02. The second-order valence-corrected chi connectivity index (χ2v) is 12.9. The lowest BCUT2D eigenvalue weighted by Gasteiger charge is -2.20. The Kier molecular flexibility index (Phi) is 33.2. The molecule has 276 valence electrons. The maximum Gasteiger partial charge on any atom is 0.472 e. The number of aliphatic hydroxyl groups is 2. The van der Waals surface area contributed by atoms with Gasteiger partial charge < -0.3 is 24.6 Å². The smallest absolute Gasteiger partial charge is 0.457 e. The predicted molar refractivity (Wildman–Crippen MR) is 196 cm³/mol. The van der Waals surface area contributed by atoms with E-state index in [1.165, 1.54) is 0 Å². The molecule has 0 aromatic rings. The summed E-state index contributed by atoms with van der Waals surface area (Å²) in [6, 6.07) is 0. The van der Waals surface area contributed by atoms with Crippen LogP contribution >= 0.6 is 7.82 Å². The third-order valence-corrected chi connectivity index (χ3v) is 7.84. The summed E-state index contributed by atoms with van der Waals surface area (Å²) < 4.78 is 33.1. The van der Waals surface area contributed by atoms with Crippen molar-refractivity contribution in [2.75, 3.05) is 33.0 Å². The van der Waals surface area contributed by atoms with E-state index >= 15 is 0 Å². The summed E-state index contributed by atoms with van der Waals surface area (Å²) in [5.74, 6) is -0.425. The lowest BCUT2D eigenvalue weighted by atomic mass is 10.1. The number of hydrogen-bond acceptors (Lipinski definition) is 8. The zero-order valence-corrected chi connectivity index (χ0v) is 30.6. The molecule has 9 nitrogen and oxygen atoms in total. The largest absolute Gasteiger partial charge is 0.472 e. The van der Waals surface area contributed by atoms with Crippen LogP contribution in [-0.2, 0) is 27.9 Å². The first-order valence-corrected chi connectivity index (χ1v) is 19.4. The molecule has 0 aliphatic rings. The third kappa shape index (κ3) is 33.8. The molecule has 0 aliphatic heterocycles.